The van der Waals surface area contributed by atoms with E-state index in [9.17, 15) is 9.59 Å². The number of rotatable bonds is 3. The molecule has 3 amide bonds. The van der Waals surface area contributed by atoms with Crippen molar-refractivity contribution in [3.05, 3.63) is 35.4 Å². The Labute approximate surface area is 152 Å². The van der Waals surface area contributed by atoms with Crippen LogP contribution in [0.25, 0.3) is 0 Å². The van der Waals surface area contributed by atoms with Gasteiger partial charge in [-0.05, 0) is 37.5 Å². The number of carbonyl (C=O) groups excluding carboxylic acids is 2. The van der Waals surface area contributed by atoms with Gasteiger partial charge in [0.25, 0.3) is 5.91 Å². The summed E-state index contributed by atoms with van der Waals surface area (Å²) in [5, 5.41) is 2.96. The molecule has 0 radical (unpaired) electrons. The van der Waals surface area contributed by atoms with Crippen LogP contribution in [0.5, 0.6) is 0 Å². The van der Waals surface area contributed by atoms with E-state index in [1.807, 2.05) is 0 Å². The lowest BCUT2D eigenvalue weighted by Crippen LogP contribution is -2.47. The SMILES string of the molecule is Cc1ccc([C@@H]2OCCC[C@H]2CN2C(=O)N[C@@]3(CCSC3)C2=O)cc1. The minimum Gasteiger partial charge on any atom is -0.373 e. The van der Waals surface area contributed by atoms with Crippen LogP contribution in [0.4, 0.5) is 4.79 Å². The smallest absolute Gasteiger partial charge is 0.325 e. The minimum absolute atomic E-state index is 0.0456. The second-order valence-corrected chi connectivity index (χ2v) is 8.44. The molecule has 25 heavy (non-hydrogen) atoms. The highest BCUT2D eigenvalue weighted by Crippen LogP contribution is 2.38. The third-order valence-electron chi connectivity index (χ3n) is 5.54. The van der Waals surface area contributed by atoms with E-state index in [1.54, 1.807) is 11.8 Å². The van der Waals surface area contributed by atoms with Gasteiger partial charge in [-0.3, -0.25) is 9.69 Å². The van der Waals surface area contributed by atoms with E-state index in [-0.39, 0.29) is 24.0 Å². The Morgan fingerprint density at radius 3 is 2.84 bits per heavy atom. The summed E-state index contributed by atoms with van der Waals surface area (Å²) in [4.78, 5) is 26.8. The van der Waals surface area contributed by atoms with Crippen molar-refractivity contribution >= 4 is 23.7 Å². The molecule has 3 aliphatic rings. The molecule has 5 nitrogen and oxygen atoms in total. The van der Waals surface area contributed by atoms with Crippen molar-refractivity contribution in [2.24, 2.45) is 5.92 Å². The Morgan fingerprint density at radius 2 is 2.12 bits per heavy atom. The maximum absolute atomic E-state index is 12.9. The number of aryl methyl sites for hydroxylation is 1. The Kier molecular flexibility index (Phi) is 4.50. The number of urea groups is 1. The molecule has 4 rings (SSSR count). The van der Waals surface area contributed by atoms with E-state index in [0.29, 0.717) is 12.3 Å². The zero-order chi connectivity index (χ0) is 17.4. The number of amides is 3. The average Bonchev–Trinajstić information content (AvgIpc) is 3.17. The molecule has 0 aromatic heterocycles. The van der Waals surface area contributed by atoms with E-state index in [1.165, 1.54) is 10.5 Å². The zero-order valence-corrected chi connectivity index (χ0v) is 15.3. The summed E-state index contributed by atoms with van der Waals surface area (Å²) in [5.41, 5.74) is 1.69. The Bertz CT molecular complexity index is 670. The first-order valence-corrected chi connectivity index (χ1v) is 10.1. The predicted molar refractivity (Wildman–Crippen MR) is 97.5 cm³/mol. The fraction of sp³-hybridized carbons (Fsp3) is 0.579. The lowest BCUT2D eigenvalue weighted by molar-refractivity contribution is -0.132. The van der Waals surface area contributed by atoms with Crippen molar-refractivity contribution in [3.8, 4) is 0 Å². The molecule has 3 saturated heterocycles. The van der Waals surface area contributed by atoms with Gasteiger partial charge < -0.3 is 10.1 Å². The summed E-state index contributed by atoms with van der Waals surface area (Å²) in [6.45, 7) is 3.24. The van der Waals surface area contributed by atoms with Gasteiger partial charge in [0.2, 0.25) is 0 Å². The summed E-state index contributed by atoms with van der Waals surface area (Å²) in [5.74, 6) is 1.72. The number of nitrogens with zero attached hydrogens (tertiary/aromatic N) is 1. The molecular weight excluding hydrogens is 336 g/mol. The molecule has 1 spiro atoms. The van der Waals surface area contributed by atoms with Gasteiger partial charge in [-0.2, -0.15) is 11.8 Å². The second-order valence-electron chi connectivity index (χ2n) is 7.33. The van der Waals surface area contributed by atoms with Crippen LogP contribution in [0.1, 0.15) is 36.5 Å². The van der Waals surface area contributed by atoms with Crippen molar-refractivity contribution in [1.82, 2.24) is 10.2 Å². The third kappa shape index (κ3) is 3.06. The van der Waals surface area contributed by atoms with E-state index < -0.39 is 5.54 Å². The summed E-state index contributed by atoms with van der Waals surface area (Å²) in [7, 11) is 0. The van der Waals surface area contributed by atoms with Crippen LogP contribution >= 0.6 is 11.8 Å². The second kappa shape index (κ2) is 6.65. The lowest BCUT2D eigenvalue weighted by atomic mass is 9.88. The van der Waals surface area contributed by atoms with Gasteiger partial charge in [-0.25, -0.2) is 4.79 Å². The van der Waals surface area contributed by atoms with E-state index >= 15 is 0 Å². The third-order valence-corrected chi connectivity index (χ3v) is 6.73. The lowest BCUT2D eigenvalue weighted by Gasteiger charge is -2.34. The molecule has 134 valence electrons. The molecule has 0 aliphatic carbocycles. The summed E-state index contributed by atoms with van der Waals surface area (Å²) < 4.78 is 6.04. The standard InChI is InChI=1S/C19H24N2O3S/c1-13-4-6-14(7-5-13)16-15(3-2-9-24-16)11-21-17(22)19(20-18(21)23)8-10-25-12-19/h4-7,15-16H,2-3,8-12H2,1H3,(H,20,23)/t15-,16-,19+/m0/s1. The van der Waals surface area contributed by atoms with Gasteiger partial charge in [0.1, 0.15) is 5.54 Å². The Morgan fingerprint density at radius 1 is 1.32 bits per heavy atom. The number of imide groups is 1. The fourth-order valence-corrected chi connectivity index (χ4v) is 5.39. The fourth-order valence-electron chi connectivity index (χ4n) is 4.06. The van der Waals surface area contributed by atoms with E-state index in [4.69, 9.17) is 4.74 Å². The molecule has 1 N–H and O–H groups in total. The highest BCUT2D eigenvalue weighted by Gasteiger charge is 2.53. The monoisotopic (exact) mass is 360 g/mol. The normalized spacial score (nSPS) is 32.4. The van der Waals surface area contributed by atoms with Crippen LogP contribution in [0.15, 0.2) is 24.3 Å². The van der Waals surface area contributed by atoms with E-state index in [2.05, 4.69) is 36.5 Å². The first kappa shape index (κ1) is 16.9. The Balaban J connectivity index is 1.52. The van der Waals surface area contributed by atoms with Crippen LogP contribution in [-0.4, -0.2) is 47.0 Å². The van der Waals surface area contributed by atoms with Crippen LogP contribution in [0, 0.1) is 12.8 Å². The van der Waals surface area contributed by atoms with Crippen molar-refractivity contribution in [3.63, 3.8) is 0 Å². The van der Waals surface area contributed by atoms with Crippen LogP contribution in [-0.2, 0) is 9.53 Å². The number of hydrogen-bond donors (Lipinski definition) is 1. The van der Waals surface area contributed by atoms with Gasteiger partial charge in [0.15, 0.2) is 0 Å². The molecule has 6 heteroatoms. The number of thioether (sulfide) groups is 1. The number of hydrogen-bond acceptors (Lipinski definition) is 4. The van der Waals surface area contributed by atoms with Crippen molar-refractivity contribution in [2.45, 2.75) is 37.8 Å². The average molecular weight is 360 g/mol. The number of nitrogens with one attached hydrogen (secondary N) is 1. The summed E-state index contributed by atoms with van der Waals surface area (Å²) in [6, 6.07) is 8.13. The molecule has 0 bridgehead atoms. The molecule has 0 unspecified atom stereocenters. The molecule has 3 fully saturated rings. The minimum atomic E-state index is -0.656. The molecule has 0 saturated carbocycles. The van der Waals surface area contributed by atoms with Gasteiger partial charge in [-0.1, -0.05) is 29.8 Å². The molecule has 1 aromatic carbocycles. The van der Waals surface area contributed by atoms with Crippen LogP contribution < -0.4 is 5.32 Å². The topological polar surface area (TPSA) is 58.6 Å². The number of carbonyl (C=O) groups is 2. The molecule has 3 heterocycles. The van der Waals surface area contributed by atoms with Crippen molar-refractivity contribution < 1.29 is 14.3 Å². The number of benzene rings is 1. The maximum Gasteiger partial charge on any atom is 0.325 e. The predicted octanol–water partition coefficient (Wildman–Crippen LogP) is 2.89. The molecular formula is C19H24N2O3S. The molecule has 1 aromatic rings. The van der Waals surface area contributed by atoms with Crippen LogP contribution in [0.2, 0.25) is 0 Å². The Hall–Kier alpha value is -1.53. The van der Waals surface area contributed by atoms with Gasteiger partial charge in [0, 0.05) is 24.8 Å². The number of ether oxygens (including phenoxy) is 1. The molecule has 3 aliphatic heterocycles. The zero-order valence-electron chi connectivity index (χ0n) is 14.5. The van der Waals surface area contributed by atoms with Gasteiger partial charge in [0.05, 0.1) is 6.10 Å². The van der Waals surface area contributed by atoms with Crippen LogP contribution in [0.3, 0.4) is 0 Å². The summed E-state index contributed by atoms with van der Waals surface area (Å²) in [6.07, 6.45) is 2.63. The van der Waals surface area contributed by atoms with E-state index in [0.717, 1.165) is 37.2 Å². The maximum atomic E-state index is 12.9. The van der Waals surface area contributed by atoms with Crippen molar-refractivity contribution in [2.75, 3.05) is 24.7 Å². The van der Waals surface area contributed by atoms with Gasteiger partial charge in [-0.15, -0.1) is 0 Å². The van der Waals surface area contributed by atoms with Crippen molar-refractivity contribution in [1.29, 1.82) is 0 Å². The quantitative estimate of drug-likeness (QED) is 0.842. The van der Waals surface area contributed by atoms with Gasteiger partial charge >= 0.3 is 6.03 Å². The first-order valence-electron chi connectivity index (χ1n) is 8.99. The summed E-state index contributed by atoms with van der Waals surface area (Å²) >= 11 is 1.74. The highest BCUT2D eigenvalue weighted by molar-refractivity contribution is 7.99. The largest absolute Gasteiger partial charge is 0.373 e. The molecule has 3 atom stereocenters. The highest BCUT2D eigenvalue weighted by atomic mass is 32.2. The first-order chi connectivity index (χ1) is 12.1.